The van der Waals surface area contributed by atoms with Crippen molar-refractivity contribution in [3.8, 4) is 17.2 Å². The molecule has 6 nitrogen and oxygen atoms in total. The monoisotopic (exact) mass is 363 g/mol. The van der Waals surface area contributed by atoms with Crippen molar-refractivity contribution in [2.24, 2.45) is 0 Å². The second kappa shape index (κ2) is 7.23. The number of para-hydroxylation sites is 2. The molecule has 1 fully saturated rings. The average molecular weight is 363 g/mol. The van der Waals surface area contributed by atoms with Crippen LogP contribution in [-0.4, -0.2) is 29.2 Å². The van der Waals surface area contributed by atoms with Gasteiger partial charge in [-0.2, -0.15) is 4.98 Å². The van der Waals surface area contributed by atoms with Crippen LogP contribution in [-0.2, 0) is 4.79 Å². The molecule has 1 unspecified atom stereocenters. The molecule has 0 spiro atoms. The first kappa shape index (κ1) is 17.3. The molecule has 1 aliphatic heterocycles. The van der Waals surface area contributed by atoms with Gasteiger partial charge in [0.05, 0.1) is 12.2 Å². The Morgan fingerprint density at radius 2 is 1.96 bits per heavy atom. The van der Waals surface area contributed by atoms with E-state index in [1.807, 2.05) is 67.3 Å². The fourth-order valence-corrected chi connectivity index (χ4v) is 3.41. The van der Waals surface area contributed by atoms with Crippen LogP contribution in [0.25, 0.3) is 11.5 Å². The highest BCUT2D eigenvalue weighted by molar-refractivity contribution is 5.97. The van der Waals surface area contributed by atoms with Crippen LogP contribution in [0.1, 0.15) is 30.7 Å². The summed E-state index contributed by atoms with van der Waals surface area (Å²) in [6.45, 7) is 5.05. The Balaban J connectivity index is 1.58. The van der Waals surface area contributed by atoms with Gasteiger partial charge in [0, 0.05) is 24.6 Å². The maximum Gasteiger partial charge on any atom is 0.261 e. The van der Waals surface area contributed by atoms with Crippen molar-refractivity contribution in [3.05, 3.63) is 59.9 Å². The molecule has 4 rings (SSSR count). The molecule has 138 valence electrons. The molecule has 0 aliphatic carbocycles. The lowest BCUT2D eigenvalue weighted by molar-refractivity contribution is -0.117. The number of carbonyl (C=O) groups excluding carboxylic acids is 1. The third-order valence-electron chi connectivity index (χ3n) is 4.76. The molecule has 1 aliphatic rings. The number of anilines is 1. The van der Waals surface area contributed by atoms with Gasteiger partial charge in [-0.1, -0.05) is 35.5 Å². The highest BCUT2D eigenvalue weighted by Gasteiger charge is 2.35. The first-order valence-electron chi connectivity index (χ1n) is 9.09. The standard InChI is InChI=1S/C21H21N3O3/c1-3-26-18-11-7-5-9-16(18)21-22-20(23-27-21)15-12-19(25)24(13-15)17-10-6-4-8-14(17)2/h4-11,15H,3,12-13H2,1-2H3. The van der Waals surface area contributed by atoms with E-state index in [2.05, 4.69) is 10.1 Å². The number of amides is 1. The van der Waals surface area contributed by atoms with Gasteiger partial charge < -0.3 is 14.2 Å². The van der Waals surface area contributed by atoms with E-state index in [0.29, 0.717) is 37.0 Å². The molecule has 0 radical (unpaired) electrons. The molecule has 27 heavy (non-hydrogen) atoms. The molecule has 0 N–H and O–H groups in total. The van der Waals surface area contributed by atoms with Crippen LogP contribution in [0.4, 0.5) is 5.69 Å². The van der Waals surface area contributed by atoms with E-state index in [1.165, 1.54) is 0 Å². The molecule has 1 saturated heterocycles. The van der Waals surface area contributed by atoms with Crippen molar-refractivity contribution in [1.29, 1.82) is 0 Å². The number of rotatable bonds is 5. The second-order valence-corrected chi connectivity index (χ2v) is 6.58. The lowest BCUT2D eigenvalue weighted by atomic mass is 10.1. The van der Waals surface area contributed by atoms with Crippen molar-refractivity contribution < 1.29 is 14.1 Å². The van der Waals surface area contributed by atoms with Gasteiger partial charge in [0.1, 0.15) is 5.75 Å². The van der Waals surface area contributed by atoms with Gasteiger partial charge in [0.25, 0.3) is 5.89 Å². The van der Waals surface area contributed by atoms with Gasteiger partial charge in [-0.15, -0.1) is 0 Å². The maximum absolute atomic E-state index is 12.5. The quantitative estimate of drug-likeness (QED) is 0.686. The fourth-order valence-electron chi connectivity index (χ4n) is 3.41. The maximum atomic E-state index is 12.5. The molecule has 2 heterocycles. The zero-order valence-corrected chi connectivity index (χ0v) is 15.4. The van der Waals surface area contributed by atoms with Crippen molar-refractivity contribution in [3.63, 3.8) is 0 Å². The Labute approximate surface area is 157 Å². The minimum Gasteiger partial charge on any atom is -0.493 e. The Morgan fingerprint density at radius 1 is 1.19 bits per heavy atom. The van der Waals surface area contributed by atoms with Crippen molar-refractivity contribution in [2.45, 2.75) is 26.2 Å². The minimum absolute atomic E-state index is 0.0790. The first-order valence-corrected chi connectivity index (χ1v) is 9.09. The van der Waals surface area contributed by atoms with Crippen LogP contribution < -0.4 is 9.64 Å². The van der Waals surface area contributed by atoms with Crippen molar-refractivity contribution in [2.75, 3.05) is 18.1 Å². The third-order valence-corrected chi connectivity index (χ3v) is 4.76. The highest BCUT2D eigenvalue weighted by Crippen LogP contribution is 2.34. The van der Waals surface area contributed by atoms with E-state index in [1.54, 1.807) is 0 Å². The van der Waals surface area contributed by atoms with Crippen LogP contribution in [0.15, 0.2) is 53.1 Å². The van der Waals surface area contributed by atoms with Gasteiger partial charge in [-0.05, 0) is 37.6 Å². The molecule has 0 bridgehead atoms. The van der Waals surface area contributed by atoms with E-state index < -0.39 is 0 Å². The second-order valence-electron chi connectivity index (χ2n) is 6.58. The SMILES string of the molecule is CCOc1ccccc1-c1nc(C2CC(=O)N(c3ccccc3C)C2)no1. The average Bonchev–Trinajstić information content (AvgIpc) is 3.30. The summed E-state index contributed by atoms with van der Waals surface area (Å²) in [5.41, 5.74) is 2.78. The summed E-state index contributed by atoms with van der Waals surface area (Å²) in [4.78, 5) is 18.9. The van der Waals surface area contributed by atoms with Crippen LogP contribution in [0.2, 0.25) is 0 Å². The Kier molecular flexibility index (Phi) is 4.62. The smallest absolute Gasteiger partial charge is 0.261 e. The van der Waals surface area contributed by atoms with Crippen molar-refractivity contribution >= 4 is 11.6 Å². The van der Waals surface area contributed by atoms with E-state index >= 15 is 0 Å². The van der Waals surface area contributed by atoms with Gasteiger partial charge in [0.15, 0.2) is 5.82 Å². The molecule has 0 saturated carbocycles. The van der Waals surface area contributed by atoms with Gasteiger partial charge in [-0.3, -0.25) is 4.79 Å². The van der Waals surface area contributed by atoms with E-state index in [-0.39, 0.29) is 11.8 Å². The highest BCUT2D eigenvalue weighted by atomic mass is 16.5. The zero-order chi connectivity index (χ0) is 18.8. The number of hydrogen-bond donors (Lipinski definition) is 0. The summed E-state index contributed by atoms with van der Waals surface area (Å²) in [7, 11) is 0. The summed E-state index contributed by atoms with van der Waals surface area (Å²) in [5, 5.41) is 4.14. The van der Waals surface area contributed by atoms with Gasteiger partial charge >= 0.3 is 0 Å². The lowest BCUT2D eigenvalue weighted by Gasteiger charge is -2.18. The van der Waals surface area contributed by atoms with E-state index in [9.17, 15) is 4.79 Å². The van der Waals surface area contributed by atoms with Gasteiger partial charge in [0.2, 0.25) is 5.91 Å². The summed E-state index contributed by atoms with van der Waals surface area (Å²) in [6, 6.07) is 15.5. The van der Waals surface area contributed by atoms with Crippen LogP contribution in [0.5, 0.6) is 5.75 Å². The molecule has 1 amide bonds. The molecule has 3 aromatic rings. The summed E-state index contributed by atoms with van der Waals surface area (Å²) in [6.07, 6.45) is 0.375. The number of hydrogen-bond acceptors (Lipinski definition) is 5. The third kappa shape index (κ3) is 3.30. The number of aromatic nitrogens is 2. The zero-order valence-electron chi connectivity index (χ0n) is 15.4. The molecule has 6 heteroatoms. The minimum atomic E-state index is -0.0890. The molecular weight excluding hydrogens is 342 g/mol. The summed E-state index contributed by atoms with van der Waals surface area (Å²) >= 11 is 0. The Morgan fingerprint density at radius 3 is 2.78 bits per heavy atom. The Hall–Kier alpha value is -3.15. The topological polar surface area (TPSA) is 68.5 Å². The number of benzene rings is 2. The largest absolute Gasteiger partial charge is 0.493 e. The van der Waals surface area contributed by atoms with Crippen molar-refractivity contribution in [1.82, 2.24) is 10.1 Å². The van der Waals surface area contributed by atoms with Crippen LogP contribution in [0.3, 0.4) is 0 Å². The summed E-state index contributed by atoms with van der Waals surface area (Å²) in [5.74, 6) is 1.67. The van der Waals surface area contributed by atoms with E-state index in [4.69, 9.17) is 9.26 Å². The number of aryl methyl sites for hydroxylation is 1. The molecule has 1 atom stereocenters. The van der Waals surface area contributed by atoms with Gasteiger partial charge in [-0.25, -0.2) is 0 Å². The predicted octanol–water partition coefficient (Wildman–Crippen LogP) is 3.96. The predicted molar refractivity (Wildman–Crippen MR) is 102 cm³/mol. The first-order chi connectivity index (χ1) is 13.2. The van der Waals surface area contributed by atoms with E-state index in [0.717, 1.165) is 16.8 Å². The lowest BCUT2D eigenvalue weighted by Crippen LogP contribution is -2.25. The normalized spacial score (nSPS) is 16.7. The molecule has 2 aromatic carbocycles. The summed E-state index contributed by atoms with van der Waals surface area (Å²) < 4.78 is 11.1. The molecule has 1 aromatic heterocycles. The Bertz CT molecular complexity index is 967. The number of nitrogens with zero attached hydrogens (tertiary/aromatic N) is 3. The van der Waals surface area contributed by atoms with Crippen LogP contribution >= 0.6 is 0 Å². The fraction of sp³-hybridized carbons (Fsp3) is 0.286. The number of ether oxygens (including phenoxy) is 1. The molecular formula is C21H21N3O3. The number of carbonyl (C=O) groups is 1. The van der Waals surface area contributed by atoms with Crippen LogP contribution in [0, 0.1) is 6.92 Å².